The molecule has 0 saturated heterocycles. The van der Waals surface area contributed by atoms with Gasteiger partial charge in [-0.1, -0.05) is 212 Å². The van der Waals surface area contributed by atoms with Crippen LogP contribution in [0.1, 0.15) is 0 Å². The Morgan fingerprint density at radius 3 is 1.53 bits per heavy atom. The van der Waals surface area contributed by atoms with Crippen LogP contribution in [0.3, 0.4) is 0 Å². The van der Waals surface area contributed by atoms with Gasteiger partial charge < -0.3 is 4.42 Å². The first-order valence-corrected chi connectivity index (χ1v) is 25.2. The first-order valence-electron chi connectivity index (χ1n) is 23.2. The third-order valence-corrected chi connectivity index (χ3v) is 18.7. The highest BCUT2D eigenvalue weighted by molar-refractivity contribution is 7.22. The van der Waals surface area contributed by atoms with Gasteiger partial charge in [-0.05, 0) is 108 Å². The lowest BCUT2D eigenvalue weighted by molar-refractivity contribution is 0.669. The lowest BCUT2D eigenvalue weighted by Gasteiger charge is -2.33. The predicted molar refractivity (Wildman–Crippen MR) is 285 cm³/mol. The average molecular weight is 883 g/mol. The third-order valence-electron chi connectivity index (χ3n) is 13.8. The molecule has 4 heteroatoms. The Balaban J connectivity index is 1.05. The topological polar surface area (TPSA) is 38.9 Å². The molecule has 318 valence electrons. The molecule has 10 aromatic carbocycles. The third kappa shape index (κ3) is 6.49. The minimum atomic E-state index is -2.85. The Hall–Kier alpha value is -8.70. The molecule has 0 N–H and O–H groups in total. The maximum atomic E-state index is 6.26. The smallest absolute Gasteiger partial charge is 0.181 e. The van der Waals surface area contributed by atoms with Gasteiger partial charge >= 0.3 is 0 Å². The van der Waals surface area contributed by atoms with Gasteiger partial charge in [0, 0.05) is 27.5 Å². The van der Waals surface area contributed by atoms with Crippen molar-refractivity contribution in [3.05, 3.63) is 255 Å². The minimum Gasteiger partial charge on any atom is -0.456 e. The molecule has 12 aromatic rings. The number of aromatic nitrogens is 2. The van der Waals surface area contributed by atoms with Crippen LogP contribution >= 0.6 is 0 Å². The zero-order valence-corrected chi connectivity index (χ0v) is 38.1. The maximum absolute atomic E-state index is 6.26. The molecule has 0 radical (unpaired) electrons. The summed E-state index contributed by atoms with van der Waals surface area (Å²) in [7, 11) is -2.85. The van der Waals surface area contributed by atoms with Crippen LogP contribution in [0.4, 0.5) is 0 Å². The van der Waals surface area contributed by atoms with Crippen molar-refractivity contribution in [1.29, 1.82) is 0 Å². The molecule has 0 unspecified atom stereocenters. The summed E-state index contributed by atoms with van der Waals surface area (Å²) in [6.07, 6.45) is 0. The number of nitrogens with zero attached hydrogens (tertiary/aromatic N) is 2. The van der Waals surface area contributed by atoms with E-state index < -0.39 is 8.07 Å². The van der Waals surface area contributed by atoms with E-state index in [-0.39, 0.29) is 0 Å². The molecule has 2 aromatic heterocycles. The average Bonchev–Trinajstić information content (AvgIpc) is 3.95. The standard InChI is InChI=1S/C64H42N2OSi/c1-5-20-43(21-6-1)46-38-47(45-36-37-61-57(41-45)53-30-15-17-34-60(53)67-61)40-48(39-46)58-42-59(66-64(65-58)44-22-7-2-8-23-44)52-29-14-13-28-51(52)55-32-19-33-56-54-31-16-18-35-62(54)68(63(55)56,49-24-9-3-10-25-49)50-26-11-4-12-27-50/h1-42H. The van der Waals surface area contributed by atoms with E-state index in [1.54, 1.807) is 0 Å². The fourth-order valence-corrected chi connectivity index (χ4v) is 16.2. The van der Waals surface area contributed by atoms with Gasteiger partial charge in [0.2, 0.25) is 0 Å². The largest absolute Gasteiger partial charge is 0.456 e. The van der Waals surface area contributed by atoms with Crippen molar-refractivity contribution in [2.75, 3.05) is 0 Å². The molecular weight excluding hydrogens is 841 g/mol. The Bertz CT molecular complexity index is 3810. The van der Waals surface area contributed by atoms with Crippen LogP contribution < -0.4 is 20.7 Å². The van der Waals surface area contributed by atoms with E-state index in [2.05, 4.69) is 237 Å². The number of hydrogen-bond acceptors (Lipinski definition) is 3. The van der Waals surface area contributed by atoms with Gasteiger partial charge in [-0.2, -0.15) is 0 Å². The number of hydrogen-bond donors (Lipinski definition) is 0. The molecular formula is C64H42N2OSi. The van der Waals surface area contributed by atoms with E-state index in [9.17, 15) is 0 Å². The summed E-state index contributed by atoms with van der Waals surface area (Å²) in [5, 5.41) is 7.77. The highest BCUT2D eigenvalue weighted by atomic mass is 28.3. The molecule has 0 atom stereocenters. The van der Waals surface area contributed by atoms with Crippen LogP contribution in [-0.4, -0.2) is 18.0 Å². The van der Waals surface area contributed by atoms with Gasteiger partial charge in [0.1, 0.15) is 11.2 Å². The van der Waals surface area contributed by atoms with Crippen LogP contribution in [0.15, 0.2) is 259 Å². The lowest BCUT2D eigenvalue weighted by atomic mass is 9.92. The van der Waals surface area contributed by atoms with Crippen molar-refractivity contribution in [2.45, 2.75) is 0 Å². The molecule has 0 fully saturated rings. The molecule has 0 amide bonds. The van der Waals surface area contributed by atoms with Crippen LogP contribution in [-0.2, 0) is 0 Å². The molecule has 3 nitrogen and oxygen atoms in total. The van der Waals surface area contributed by atoms with Crippen molar-refractivity contribution in [1.82, 2.24) is 9.97 Å². The number of rotatable bonds is 8. The van der Waals surface area contributed by atoms with E-state index in [0.717, 1.165) is 77.8 Å². The van der Waals surface area contributed by atoms with Crippen LogP contribution in [0.25, 0.3) is 100 Å². The monoisotopic (exact) mass is 882 g/mol. The van der Waals surface area contributed by atoms with Gasteiger partial charge in [0.05, 0.1) is 11.4 Å². The second kappa shape index (κ2) is 16.3. The summed E-state index contributed by atoms with van der Waals surface area (Å²) in [6, 6.07) is 92.2. The summed E-state index contributed by atoms with van der Waals surface area (Å²) >= 11 is 0. The van der Waals surface area contributed by atoms with E-state index in [1.165, 1.54) is 37.4 Å². The molecule has 13 rings (SSSR count). The minimum absolute atomic E-state index is 0.675. The molecule has 1 aliphatic heterocycles. The van der Waals surface area contributed by atoms with Gasteiger partial charge in [-0.25, -0.2) is 9.97 Å². The molecule has 68 heavy (non-hydrogen) atoms. The number of furan rings is 1. The van der Waals surface area contributed by atoms with Crippen molar-refractivity contribution in [3.63, 3.8) is 0 Å². The summed E-state index contributed by atoms with van der Waals surface area (Å²) in [5.41, 5.74) is 15.9. The maximum Gasteiger partial charge on any atom is 0.181 e. The quantitative estimate of drug-likeness (QED) is 0.143. The molecule has 3 heterocycles. The van der Waals surface area contributed by atoms with Crippen molar-refractivity contribution < 1.29 is 4.42 Å². The zero-order valence-electron chi connectivity index (χ0n) is 37.1. The highest BCUT2D eigenvalue weighted by Crippen LogP contribution is 2.41. The molecule has 0 spiro atoms. The fraction of sp³-hybridized carbons (Fsp3) is 0. The van der Waals surface area contributed by atoms with E-state index in [1.807, 2.05) is 18.2 Å². The van der Waals surface area contributed by atoms with Crippen LogP contribution in [0, 0.1) is 0 Å². The summed E-state index contributed by atoms with van der Waals surface area (Å²) in [6.45, 7) is 0. The van der Waals surface area contributed by atoms with Gasteiger partial charge in [0.15, 0.2) is 13.9 Å². The Morgan fingerprint density at radius 1 is 0.294 bits per heavy atom. The molecule has 0 bridgehead atoms. The van der Waals surface area contributed by atoms with E-state index in [0.29, 0.717) is 5.82 Å². The zero-order chi connectivity index (χ0) is 45.0. The van der Waals surface area contributed by atoms with Crippen LogP contribution in [0.5, 0.6) is 0 Å². The van der Waals surface area contributed by atoms with Crippen molar-refractivity contribution >= 4 is 50.8 Å². The number of para-hydroxylation sites is 1. The SMILES string of the molecule is c1ccc(-c2cc(-c3ccc4oc5ccccc5c4c3)cc(-c3cc(-c4ccccc4-c4cccc5c4[Si](c4ccccc4)(c4ccccc4)c4ccccc4-5)nc(-c4ccccc4)n3)c2)cc1. The normalized spacial score (nSPS) is 12.5. The van der Waals surface area contributed by atoms with Crippen molar-refractivity contribution in [2.24, 2.45) is 0 Å². The summed E-state index contributed by atoms with van der Waals surface area (Å²) in [4.78, 5) is 10.9. The molecule has 1 aliphatic rings. The van der Waals surface area contributed by atoms with E-state index >= 15 is 0 Å². The highest BCUT2D eigenvalue weighted by Gasteiger charge is 2.50. The van der Waals surface area contributed by atoms with Gasteiger partial charge in [0.25, 0.3) is 0 Å². The Kier molecular flexibility index (Phi) is 9.51. The summed E-state index contributed by atoms with van der Waals surface area (Å²) in [5.74, 6) is 0.675. The van der Waals surface area contributed by atoms with Gasteiger partial charge in [-0.3, -0.25) is 0 Å². The molecule has 0 aliphatic carbocycles. The predicted octanol–water partition coefficient (Wildman–Crippen LogP) is 13.7. The first kappa shape index (κ1) is 39.6. The van der Waals surface area contributed by atoms with E-state index in [4.69, 9.17) is 14.4 Å². The molecule has 0 saturated carbocycles. The Labute approximate surface area is 396 Å². The fourth-order valence-electron chi connectivity index (χ4n) is 10.8. The number of fused-ring (bicyclic) bond motifs is 6. The van der Waals surface area contributed by atoms with Crippen LogP contribution in [0.2, 0.25) is 0 Å². The lowest BCUT2D eigenvalue weighted by Crippen LogP contribution is -2.73. The first-order chi connectivity index (χ1) is 33.7. The second-order valence-corrected chi connectivity index (χ2v) is 21.3. The van der Waals surface area contributed by atoms with Crippen molar-refractivity contribution in [3.8, 4) is 78.4 Å². The Morgan fingerprint density at radius 2 is 0.809 bits per heavy atom. The number of benzene rings is 10. The van der Waals surface area contributed by atoms with Gasteiger partial charge in [-0.15, -0.1) is 0 Å². The summed E-state index contributed by atoms with van der Waals surface area (Å²) < 4.78 is 6.26. The second-order valence-electron chi connectivity index (χ2n) is 17.6.